The third-order valence-corrected chi connectivity index (χ3v) is 4.09. The number of likely N-dealkylation sites (tertiary alicyclic amines) is 1. The molecule has 0 saturated carbocycles. The third kappa shape index (κ3) is 4.29. The Hall–Kier alpha value is -0.930. The van der Waals surface area contributed by atoms with Gasteiger partial charge in [-0.1, -0.05) is 26.8 Å². The molecule has 2 unspecified atom stereocenters. The molecule has 1 aliphatic heterocycles. The first-order valence-corrected chi connectivity index (χ1v) is 7.56. The summed E-state index contributed by atoms with van der Waals surface area (Å²) in [5.41, 5.74) is 2.47. The SMILES string of the molecule is CCCNCc1ccc(CN2CC(C)C(C)C2)nc1. The van der Waals surface area contributed by atoms with Crippen molar-refractivity contribution in [2.75, 3.05) is 19.6 Å². The van der Waals surface area contributed by atoms with Crippen LogP contribution in [0.3, 0.4) is 0 Å². The van der Waals surface area contributed by atoms with Crippen molar-refractivity contribution in [2.24, 2.45) is 11.8 Å². The first-order chi connectivity index (χ1) is 9.19. The van der Waals surface area contributed by atoms with Gasteiger partial charge in [-0.15, -0.1) is 0 Å². The fraction of sp³-hybridized carbons (Fsp3) is 0.688. The van der Waals surface area contributed by atoms with Gasteiger partial charge in [0.15, 0.2) is 0 Å². The fourth-order valence-corrected chi connectivity index (χ4v) is 2.67. The maximum atomic E-state index is 4.59. The largest absolute Gasteiger partial charge is 0.313 e. The molecule has 0 radical (unpaired) electrons. The number of nitrogens with zero attached hydrogens (tertiary/aromatic N) is 2. The molecule has 1 aromatic heterocycles. The summed E-state index contributed by atoms with van der Waals surface area (Å²) in [7, 11) is 0. The van der Waals surface area contributed by atoms with Crippen LogP contribution in [0.4, 0.5) is 0 Å². The minimum atomic E-state index is 0.817. The quantitative estimate of drug-likeness (QED) is 0.798. The van der Waals surface area contributed by atoms with Crippen molar-refractivity contribution in [3.05, 3.63) is 29.6 Å². The van der Waals surface area contributed by atoms with Crippen LogP contribution in [0, 0.1) is 11.8 Å². The lowest BCUT2D eigenvalue weighted by atomic mass is 10.0. The molecule has 0 aliphatic carbocycles. The van der Waals surface area contributed by atoms with Gasteiger partial charge in [-0.3, -0.25) is 9.88 Å². The Labute approximate surface area is 117 Å². The van der Waals surface area contributed by atoms with Crippen LogP contribution >= 0.6 is 0 Å². The molecule has 3 nitrogen and oxygen atoms in total. The van der Waals surface area contributed by atoms with Gasteiger partial charge in [-0.2, -0.15) is 0 Å². The lowest BCUT2D eigenvalue weighted by Crippen LogP contribution is -2.21. The van der Waals surface area contributed by atoms with Gasteiger partial charge in [-0.25, -0.2) is 0 Å². The zero-order valence-electron chi connectivity index (χ0n) is 12.5. The van der Waals surface area contributed by atoms with E-state index in [0.29, 0.717) is 0 Å². The van der Waals surface area contributed by atoms with Gasteiger partial charge in [0.05, 0.1) is 5.69 Å². The lowest BCUT2D eigenvalue weighted by molar-refractivity contribution is 0.312. The Kier molecular flexibility index (Phi) is 5.34. The van der Waals surface area contributed by atoms with Crippen LogP contribution in [0.2, 0.25) is 0 Å². The van der Waals surface area contributed by atoms with Gasteiger partial charge < -0.3 is 5.32 Å². The summed E-state index contributed by atoms with van der Waals surface area (Å²) in [5.74, 6) is 1.63. The molecule has 0 spiro atoms. The van der Waals surface area contributed by atoms with Crippen LogP contribution in [0.1, 0.15) is 38.4 Å². The number of nitrogens with one attached hydrogen (secondary N) is 1. The van der Waals surface area contributed by atoms with E-state index in [-0.39, 0.29) is 0 Å². The Balaban J connectivity index is 1.82. The molecular weight excluding hydrogens is 234 g/mol. The van der Waals surface area contributed by atoms with Crippen LogP contribution < -0.4 is 5.32 Å². The highest BCUT2D eigenvalue weighted by atomic mass is 15.2. The monoisotopic (exact) mass is 261 g/mol. The van der Waals surface area contributed by atoms with E-state index in [1.165, 1.54) is 30.8 Å². The summed E-state index contributed by atoms with van der Waals surface area (Å²) in [5, 5.41) is 3.41. The standard InChI is InChI=1S/C16H27N3/c1-4-7-17-8-15-5-6-16(18-9-15)12-19-10-13(2)14(3)11-19/h5-6,9,13-14,17H,4,7-8,10-12H2,1-3H3. The van der Waals surface area contributed by atoms with Crippen molar-refractivity contribution in [3.8, 4) is 0 Å². The molecule has 2 rings (SSSR count). The van der Waals surface area contributed by atoms with E-state index in [0.717, 1.165) is 31.5 Å². The van der Waals surface area contributed by atoms with E-state index in [1.54, 1.807) is 0 Å². The average molecular weight is 261 g/mol. The minimum Gasteiger partial charge on any atom is -0.313 e. The van der Waals surface area contributed by atoms with E-state index < -0.39 is 0 Å². The number of hydrogen-bond acceptors (Lipinski definition) is 3. The van der Waals surface area contributed by atoms with Crippen LogP contribution in [-0.4, -0.2) is 29.5 Å². The van der Waals surface area contributed by atoms with Crippen molar-refractivity contribution >= 4 is 0 Å². The molecule has 106 valence electrons. The second-order valence-electron chi connectivity index (χ2n) is 5.98. The van der Waals surface area contributed by atoms with Gasteiger partial charge in [0, 0.05) is 32.4 Å². The number of rotatable bonds is 6. The highest BCUT2D eigenvalue weighted by molar-refractivity contribution is 5.14. The summed E-state index contributed by atoms with van der Waals surface area (Å²) in [6.07, 6.45) is 3.19. The van der Waals surface area contributed by atoms with Crippen molar-refractivity contribution in [3.63, 3.8) is 0 Å². The Morgan fingerprint density at radius 3 is 2.58 bits per heavy atom. The minimum absolute atomic E-state index is 0.817. The summed E-state index contributed by atoms with van der Waals surface area (Å²) < 4.78 is 0. The first-order valence-electron chi connectivity index (χ1n) is 7.56. The highest BCUT2D eigenvalue weighted by Gasteiger charge is 2.25. The molecule has 0 bridgehead atoms. The predicted molar refractivity (Wildman–Crippen MR) is 79.8 cm³/mol. The maximum Gasteiger partial charge on any atom is 0.0544 e. The van der Waals surface area contributed by atoms with E-state index in [9.17, 15) is 0 Å². The zero-order valence-corrected chi connectivity index (χ0v) is 12.5. The van der Waals surface area contributed by atoms with Crippen molar-refractivity contribution in [1.29, 1.82) is 0 Å². The molecule has 2 atom stereocenters. The zero-order chi connectivity index (χ0) is 13.7. The normalized spacial score (nSPS) is 23.9. The number of pyridine rings is 1. The molecule has 1 N–H and O–H groups in total. The molecule has 1 aliphatic rings. The number of aromatic nitrogens is 1. The van der Waals surface area contributed by atoms with Gasteiger partial charge in [0.2, 0.25) is 0 Å². The van der Waals surface area contributed by atoms with Gasteiger partial charge in [0.1, 0.15) is 0 Å². The van der Waals surface area contributed by atoms with Crippen LogP contribution in [-0.2, 0) is 13.1 Å². The Morgan fingerprint density at radius 1 is 1.26 bits per heavy atom. The second kappa shape index (κ2) is 7.01. The molecule has 2 heterocycles. The molecule has 19 heavy (non-hydrogen) atoms. The van der Waals surface area contributed by atoms with Crippen LogP contribution in [0.25, 0.3) is 0 Å². The summed E-state index contributed by atoms with van der Waals surface area (Å²) in [6.45, 7) is 12.3. The highest BCUT2D eigenvalue weighted by Crippen LogP contribution is 2.23. The van der Waals surface area contributed by atoms with E-state index in [4.69, 9.17) is 0 Å². The van der Waals surface area contributed by atoms with Crippen LogP contribution in [0.15, 0.2) is 18.3 Å². The van der Waals surface area contributed by atoms with Gasteiger partial charge in [0.25, 0.3) is 0 Å². The van der Waals surface area contributed by atoms with Crippen molar-refractivity contribution < 1.29 is 0 Å². The van der Waals surface area contributed by atoms with Crippen LogP contribution in [0.5, 0.6) is 0 Å². The maximum absolute atomic E-state index is 4.59. The van der Waals surface area contributed by atoms with E-state index in [2.05, 4.69) is 48.1 Å². The van der Waals surface area contributed by atoms with Gasteiger partial charge >= 0.3 is 0 Å². The third-order valence-electron chi connectivity index (χ3n) is 4.09. The summed E-state index contributed by atoms with van der Waals surface area (Å²) >= 11 is 0. The summed E-state index contributed by atoms with van der Waals surface area (Å²) in [4.78, 5) is 7.11. The summed E-state index contributed by atoms with van der Waals surface area (Å²) in [6, 6.07) is 4.38. The molecule has 1 saturated heterocycles. The predicted octanol–water partition coefficient (Wildman–Crippen LogP) is 2.67. The first kappa shape index (κ1) is 14.5. The van der Waals surface area contributed by atoms with Crippen molar-refractivity contribution in [1.82, 2.24) is 15.2 Å². The number of hydrogen-bond donors (Lipinski definition) is 1. The molecule has 1 fully saturated rings. The average Bonchev–Trinajstić information content (AvgIpc) is 2.71. The second-order valence-corrected chi connectivity index (χ2v) is 5.98. The van der Waals surface area contributed by atoms with Crippen molar-refractivity contribution in [2.45, 2.75) is 40.3 Å². The molecule has 1 aromatic rings. The fourth-order valence-electron chi connectivity index (χ4n) is 2.67. The van der Waals surface area contributed by atoms with E-state index >= 15 is 0 Å². The molecule has 0 amide bonds. The topological polar surface area (TPSA) is 28.2 Å². The smallest absolute Gasteiger partial charge is 0.0544 e. The Bertz CT molecular complexity index is 364. The molecule has 0 aromatic carbocycles. The van der Waals surface area contributed by atoms with Gasteiger partial charge in [-0.05, 0) is 36.4 Å². The Morgan fingerprint density at radius 2 is 2.00 bits per heavy atom. The molecular formula is C16H27N3. The van der Waals surface area contributed by atoms with E-state index in [1.807, 2.05) is 6.20 Å². The lowest BCUT2D eigenvalue weighted by Gasteiger charge is -2.14. The molecule has 3 heteroatoms.